The molecule has 1 N–H and O–H groups in total. The van der Waals surface area contributed by atoms with Crippen LogP contribution in [0.1, 0.15) is 12.5 Å². The van der Waals surface area contributed by atoms with Gasteiger partial charge in [-0.1, -0.05) is 42.2 Å². The first-order chi connectivity index (χ1) is 9.67. The minimum Gasteiger partial charge on any atom is -0.297 e. The maximum atomic E-state index is 12.7. The number of carbonyl (C=O) groups is 1. The molecule has 2 rings (SSSR count). The van der Waals surface area contributed by atoms with Gasteiger partial charge in [-0.05, 0) is 29.5 Å². The number of nitrogens with one attached hydrogen (secondary N) is 1. The predicted molar refractivity (Wildman–Crippen MR) is 80.4 cm³/mol. The molecule has 0 aliphatic rings. The Kier molecular flexibility index (Phi) is 5.25. The van der Waals surface area contributed by atoms with E-state index >= 15 is 0 Å². The van der Waals surface area contributed by atoms with E-state index in [9.17, 15) is 9.18 Å². The van der Waals surface area contributed by atoms with Crippen LogP contribution in [0.25, 0.3) is 6.08 Å². The molecule has 2 aromatic rings. The summed E-state index contributed by atoms with van der Waals surface area (Å²) in [6, 6.07) is 5.88. The Morgan fingerprint density at radius 3 is 2.85 bits per heavy atom. The van der Waals surface area contributed by atoms with Gasteiger partial charge in [-0.2, -0.15) is 0 Å². The highest BCUT2D eigenvalue weighted by Gasteiger charge is 2.05. The quantitative estimate of drug-likeness (QED) is 0.522. The van der Waals surface area contributed by atoms with Crippen molar-refractivity contribution in [1.82, 2.24) is 10.2 Å². The fourth-order valence-electron chi connectivity index (χ4n) is 1.33. The lowest BCUT2D eigenvalue weighted by molar-refractivity contribution is -0.111. The molecule has 1 heterocycles. The Bertz CT molecular complexity index is 610. The summed E-state index contributed by atoms with van der Waals surface area (Å²) in [6.07, 6.45) is 2.98. The van der Waals surface area contributed by atoms with Gasteiger partial charge in [-0.3, -0.25) is 10.1 Å². The van der Waals surface area contributed by atoms with Crippen LogP contribution in [-0.4, -0.2) is 21.9 Å². The number of benzene rings is 1. The molecule has 1 aromatic heterocycles. The number of thioether (sulfide) groups is 1. The molecule has 0 spiro atoms. The predicted octanol–water partition coefficient (Wildman–Crippen LogP) is 3.44. The number of anilines is 1. The Hall–Kier alpha value is -1.73. The second-order valence-electron chi connectivity index (χ2n) is 3.68. The maximum absolute atomic E-state index is 12.7. The van der Waals surface area contributed by atoms with Crippen molar-refractivity contribution in [2.75, 3.05) is 11.1 Å². The third-order valence-electron chi connectivity index (χ3n) is 2.20. The van der Waals surface area contributed by atoms with Crippen LogP contribution < -0.4 is 5.32 Å². The molecule has 0 aliphatic heterocycles. The summed E-state index contributed by atoms with van der Waals surface area (Å²) in [7, 11) is 0. The van der Waals surface area contributed by atoms with E-state index in [4.69, 9.17) is 0 Å². The number of aromatic nitrogens is 2. The number of hydrogen-bond acceptors (Lipinski definition) is 5. The second kappa shape index (κ2) is 7.16. The molecular weight excluding hydrogens is 297 g/mol. The Balaban J connectivity index is 1.92. The summed E-state index contributed by atoms with van der Waals surface area (Å²) in [4.78, 5) is 11.7. The minimum atomic E-state index is -0.304. The van der Waals surface area contributed by atoms with Crippen LogP contribution in [-0.2, 0) is 4.79 Å². The average molecular weight is 309 g/mol. The molecule has 0 bridgehead atoms. The molecule has 0 unspecified atom stereocenters. The van der Waals surface area contributed by atoms with E-state index in [1.54, 1.807) is 30.0 Å². The fraction of sp³-hybridized carbons (Fsp3) is 0.154. The molecule has 20 heavy (non-hydrogen) atoms. The Labute approximate surface area is 124 Å². The number of amides is 1. The number of rotatable bonds is 5. The van der Waals surface area contributed by atoms with Gasteiger partial charge in [0.1, 0.15) is 5.82 Å². The first-order valence-corrected chi connectivity index (χ1v) is 7.68. The summed E-state index contributed by atoms with van der Waals surface area (Å²) < 4.78 is 13.5. The third-order valence-corrected chi connectivity index (χ3v) is 4.06. The van der Waals surface area contributed by atoms with Crippen LogP contribution in [0.15, 0.2) is 34.7 Å². The summed E-state index contributed by atoms with van der Waals surface area (Å²) in [6.45, 7) is 2.02. The molecule has 4 nitrogen and oxygen atoms in total. The van der Waals surface area contributed by atoms with Crippen molar-refractivity contribution in [3.8, 4) is 0 Å². The average Bonchev–Trinajstić information content (AvgIpc) is 2.86. The van der Waals surface area contributed by atoms with Gasteiger partial charge in [0.25, 0.3) is 0 Å². The normalized spacial score (nSPS) is 10.9. The van der Waals surface area contributed by atoms with Crippen molar-refractivity contribution < 1.29 is 9.18 Å². The second-order valence-corrected chi connectivity index (χ2v) is 6.17. The first-order valence-electron chi connectivity index (χ1n) is 5.88. The van der Waals surface area contributed by atoms with Crippen molar-refractivity contribution in [2.45, 2.75) is 11.3 Å². The topological polar surface area (TPSA) is 54.9 Å². The number of nitrogens with zero attached hydrogens (tertiary/aromatic N) is 2. The molecule has 0 atom stereocenters. The number of carbonyl (C=O) groups excluding carboxylic acids is 1. The summed E-state index contributed by atoms with van der Waals surface area (Å²) in [5.41, 5.74) is 0.751. The van der Waals surface area contributed by atoms with Crippen molar-refractivity contribution in [3.63, 3.8) is 0 Å². The van der Waals surface area contributed by atoms with Crippen molar-refractivity contribution in [1.29, 1.82) is 0 Å². The molecule has 0 saturated carbocycles. The minimum absolute atomic E-state index is 0.293. The van der Waals surface area contributed by atoms with Crippen molar-refractivity contribution in [3.05, 3.63) is 41.7 Å². The highest BCUT2D eigenvalue weighted by Crippen LogP contribution is 2.24. The third kappa shape index (κ3) is 4.43. The van der Waals surface area contributed by atoms with E-state index in [1.807, 2.05) is 6.92 Å². The molecule has 0 saturated heterocycles. The van der Waals surface area contributed by atoms with Gasteiger partial charge >= 0.3 is 0 Å². The largest absolute Gasteiger partial charge is 0.297 e. The van der Waals surface area contributed by atoms with E-state index in [2.05, 4.69) is 15.5 Å². The SMILES string of the molecule is CCSc1nnc(NC(=O)/C=C/c2ccc(F)cc2)s1. The zero-order valence-corrected chi connectivity index (χ0v) is 12.3. The lowest BCUT2D eigenvalue weighted by Crippen LogP contribution is -2.07. The molecule has 1 aromatic carbocycles. The summed E-state index contributed by atoms with van der Waals surface area (Å²) in [5.74, 6) is 0.312. The number of halogens is 1. The van der Waals surface area contributed by atoms with Gasteiger partial charge in [0, 0.05) is 6.08 Å². The van der Waals surface area contributed by atoms with Gasteiger partial charge in [0.15, 0.2) is 4.34 Å². The van der Waals surface area contributed by atoms with Crippen LogP contribution in [0.4, 0.5) is 9.52 Å². The zero-order chi connectivity index (χ0) is 14.4. The van der Waals surface area contributed by atoms with E-state index in [0.717, 1.165) is 15.7 Å². The molecule has 0 aliphatic carbocycles. The van der Waals surface area contributed by atoms with E-state index in [-0.39, 0.29) is 11.7 Å². The van der Waals surface area contributed by atoms with Gasteiger partial charge in [0.2, 0.25) is 11.0 Å². The molecule has 0 fully saturated rings. The van der Waals surface area contributed by atoms with Crippen LogP contribution in [0, 0.1) is 5.82 Å². The van der Waals surface area contributed by atoms with E-state index < -0.39 is 0 Å². The van der Waals surface area contributed by atoms with Crippen LogP contribution >= 0.6 is 23.1 Å². The van der Waals surface area contributed by atoms with Gasteiger partial charge in [0.05, 0.1) is 0 Å². The molecular formula is C13H12FN3OS2. The Morgan fingerprint density at radius 2 is 2.15 bits per heavy atom. The first kappa shape index (κ1) is 14.7. The van der Waals surface area contributed by atoms with E-state index in [0.29, 0.717) is 5.13 Å². The lowest BCUT2D eigenvalue weighted by Gasteiger charge is -1.95. The number of hydrogen-bond donors (Lipinski definition) is 1. The monoisotopic (exact) mass is 309 g/mol. The molecule has 1 amide bonds. The lowest BCUT2D eigenvalue weighted by atomic mass is 10.2. The molecule has 0 radical (unpaired) electrons. The highest BCUT2D eigenvalue weighted by atomic mass is 32.2. The fourth-order valence-corrected chi connectivity index (χ4v) is 2.99. The van der Waals surface area contributed by atoms with Crippen molar-refractivity contribution >= 4 is 40.2 Å². The maximum Gasteiger partial charge on any atom is 0.250 e. The van der Waals surface area contributed by atoms with Crippen molar-refractivity contribution in [2.24, 2.45) is 0 Å². The molecule has 104 valence electrons. The summed E-state index contributed by atoms with van der Waals surface area (Å²) in [5, 5.41) is 10.9. The Morgan fingerprint density at radius 1 is 1.40 bits per heavy atom. The van der Waals surface area contributed by atoms with Gasteiger partial charge < -0.3 is 0 Å². The van der Waals surface area contributed by atoms with Gasteiger partial charge in [-0.25, -0.2) is 4.39 Å². The standard InChI is InChI=1S/C13H12FN3OS2/c1-2-19-13-17-16-12(20-13)15-11(18)8-5-9-3-6-10(14)7-4-9/h3-8H,2H2,1H3,(H,15,16,18)/b8-5+. The highest BCUT2D eigenvalue weighted by molar-refractivity contribution is 8.01. The van der Waals surface area contributed by atoms with Gasteiger partial charge in [-0.15, -0.1) is 10.2 Å². The van der Waals surface area contributed by atoms with Crippen LogP contribution in [0.2, 0.25) is 0 Å². The smallest absolute Gasteiger partial charge is 0.250 e. The van der Waals surface area contributed by atoms with E-state index in [1.165, 1.54) is 29.5 Å². The zero-order valence-electron chi connectivity index (χ0n) is 10.7. The van der Waals surface area contributed by atoms with Crippen LogP contribution in [0.5, 0.6) is 0 Å². The van der Waals surface area contributed by atoms with Crippen LogP contribution in [0.3, 0.4) is 0 Å². The molecule has 7 heteroatoms. The summed E-state index contributed by atoms with van der Waals surface area (Å²) >= 11 is 2.91.